The van der Waals surface area contributed by atoms with Crippen molar-refractivity contribution < 1.29 is 4.79 Å². The summed E-state index contributed by atoms with van der Waals surface area (Å²) in [5.74, 6) is 0.253. The third-order valence-corrected chi connectivity index (χ3v) is 3.70. The molecular formula is C9H11BrN2OS. The van der Waals surface area contributed by atoms with Gasteiger partial charge in [-0.3, -0.25) is 4.79 Å². The van der Waals surface area contributed by atoms with Gasteiger partial charge in [0.15, 0.2) is 0 Å². The van der Waals surface area contributed by atoms with Crippen molar-refractivity contribution >= 4 is 33.2 Å². The number of nitrogens with zero attached hydrogens (tertiary/aromatic N) is 2. The van der Waals surface area contributed by atoms with Gasteiger partial charge in [-0.1, -0.05) is 15.9 Å². The number of likely N-dealkylation sites (tertiary alicyclic amines) is 1. The van der Waals surface area contributed by atoms with Gasteiger partial charge < -0.3 is 4.90 Å². The van der Waals surface area contributed by atoms with E-state index in [2.05, 4.69) is 20.9 Å². The number of hydrogen-bond acceptors (Lipinski definition) is 3. The van der Waals surface area contributed by atoms with Crippen LogP contribution in [0.25, 0.3) is 0 Å². The zero-order chi connectivity index (χ0) is 9.97. The first-order valence-corrected chi connectivity index (χ1v) is 6.35. The maximum absolute atomic E-state index is 11.4. The molecular weight excluding hydrogens is 264 g/mol. The molecule has 0 bridgehead atoms. The molecule has 0 N–H and O–H groups in total. The van der Waals surface area contributed by atoms with Crippen LogP contribution in [0, 0.1) is 0 Å². The second-order valence-electron chi connectivity index (χ2n) is 3.32. The molecule has 1 aromatic heterocycles. The van der Waals surface area contributed by atoms with Gasteiger partial charge in [-0.05, 0) is 0 Å². The smallest absolute Gasteiger partial charge is 0.223 e. The molecule has 0 radical (unpaired) electrons. The van der Waals surface area contributed by atoms with Gasteiger partial charge in [0.1, 0.15) is 0 Å². The van der Waals surface area contributed by atoms with Crippen LogP contribution < -0.4 is 0 Å². The Bertz CT molecular complexity index is 315. The number of amides is 1. The molecule has 1 unspecified atom stereocenters. The van der Waals surface area contributed by atoms with Crippen LogP contribution in [0.5, 0.6) is 0 Å². The van der Waals surface area contributed by atoms with Crippen LogP contribution in [0.4, 0.5) is 0 Å². The van der Waals surface area contributed by atoms with E-state index in [4.69, 9.17) is 0 Å². The van der Waals surface area contributed by atoms with Gasteiger partial charge >= 0.3 is 0 Å². The minimum Gasteiger partial charge on any atom is -0.341 e. The average molecular weight is 275 g/mol. The Hall–Kier alpha value is -0.420. The Balaban J connectivity index is 1.84. The zero-order valence-corrected chi connectivity index (χ0v) is 10.1. The summed E-state index contributed by atoms with van der Waals surface area (Å²) in [5, 5.41) is 3.07. The summed E-state index contributed by atoms with van der Waals surface area (Å²) >= 11 is 5.11. The summed E-state index contributed by atoms with van der Waals surface area (Å²) in [5.41, 5.74) is 0. The van der Waals surface area contributed by atoms with Gasteiger partial charge in [-0.25, -0.2) is 4.98 Å². The summed E-state index contributed by atoms with van der Waals surface area (Å²) in [7, 11) is 0. The summed E-state index contributed by atoms with van der Waals surface area (Å²) in [6, 6.07) is 0. The van der Waals surface area contributed by atoms with Crippen LogP contribution in [-0.2, 0) is 11.2 Å². The van der Waals surface area contributed by atoms with Crippen molar-refractivity contribution in [2.24, 2.45) is 0 Å². The Morgan fingerprint density at radius 1 is 1.71 bits per heavy atom. The highest BCUT2D eigenvalue weighted by Gasteiger charge is 2.27. The van der Waals surface area contributed by atoms with Crippen LogP contribution in [0.1, 0.15) is 11.4 Å². The molecule has 0 saturated carbocycles. The zero-order valence-electron chi connectivity index (χ0n) is 7.65. The molecule has 1 saturated heterocycles. The number of rotatable bonds is 3. The fourth-order valence-electron chi connectivity index (χ4n) is 1.55. The molecule has 1 amide bonds. The third kappa shape index (κ3) is 2.33. The van der Waals surface area contributed by atoms with Crippen molar-refractivity contribution in [1.82, 2.24) is 9.88 Å². The van der Waals surface area contributed by atoms with E-state index in [-0.39, 0.29) is 5.91 Å². The summed E-state index contributed by atoms with van der Waals surface area (Å²) in [6.07, 6.45) is 3.32. The fraction of sp³-hybridized carbons (Fsp3) is 0.556. The molecule has 0 aromatic carbocycles. The van der Waals surface area contributed by atoms with E-state index in [0.29, 0.717) is 11.2 Å². The predicted molar refractivity (Wildman–Crippen MR) is 59.7 cm³/mol. The SMILES string of the molecule is O=C1CC(Br)CN1CCc1nccs1. The van der Waals surface area contributed by atoms with Gasteiger partial charge in [0, 0.05) is 42.3 Å². The standard InChI is InChI=1S/C9H11BrN2OS/c10-7-5-9(13)12(6-7)3-1-8-11-2-4-14-8/h2,4,7H,1,3,5-6H2. The van der Waals surface area contributed by atoms with Crippen LogP contribution >= 0.6 is 27.3 Å². The van der Waals surface area contributed by atoms with Crippen LogP contribution in [0.3, 0.4) is 0 Å². The van der Waals surface area contributed by atoms with Gasteiger partial charge in [0.2, 0.25) is 5.91 Å². The Morgan fingerprint density at radius 3 is 3.14 bits per heavy atom. The van der Waals surface area contributed by atoms with Crippen molar-refractivity contribution in [3.05, 3.63) is 16.6 Å². The maximum Gasteiger partial charge on any atom is 0.223 e. The molecule has 3 nitrogen and oxygen atoms in total. The quantitative estimate of drug-likeness (QED) is 0.786. The monoisotopic (exact) mass is 274 g/mol. The second-order valence-corrected chi connectivity index (χ2v) is 5.59. The van der Waals surface area contributed by atoms with Crippen LogP contribution in [0.15, 0.2) is 11.6 Å². The van der Waals surface area contributed by atoms with E-state index in [0.717, 1.165) is 24.5 Å². The molecule has 1 aliphatic heterocycles. The lowest BCUT2D eigenvalue weighted by Crippen LogP contribution is -2.27. The lowest BCUT2D eigenvalue weighted by Gasteiger charge is -2.14. The Labute approximate surface area is 95.3 Å². The fourth-order valence-corrected chi connectivity index (χ4v) is 2.78. The maximum atomic E-state index is 11.4. The summed E-state index contributed by atoms with van der Waals surface area (Å²) in [6.45, 7) is 1.64. The minimum absolute atomic E-state index is 0.253. The lowest BCUT2D eigenvalue weighted by molar-refractivity contribution is -0.127. The van der Waals surface area contributed by atoms with E-state index in [1.54, 1.807) is 17.5 Å². The number of carbonyl (C=O) groups is 1. The van der Waals surface area contributed by atoms with Crippen molar-refractivity contribution in [2.75, 3.05) is 13.1 Å². The number of halogens is 1. The molecule has 5 heteroatoms. The van der Waals surface area contributed by atoms with Gasteiger partial charge in [-0.2, -0.15) is 0 Å². The summed E-state index contributed by atoms with van der Waals surface area (Å²) < 4.78 is 0. The molecule has 1 aliphatic rings. The van der Waals surface area contributed by atoms with Crippen molar-refractivity contribution in [3.8, 4) is 0 Å². The normalized spacial score (nSPS) is 21.9. The van der Waals surface area contributed by atoms with E-state index in [9.17, 15) is 4.79 Å². The average Bonchev–Trinajstić information content (AvgIpc) is 2.72. The molecule has 76 valence electrons. The van der Waals surface area contributed by atoms with Crippen LogP contribution in [-0.4, -0.2) is 33.7 Å². The lowest BCUT2D eigenvalue weighted by atomic mass is 10.4. The number of carbonyl (C=O) groups excluding carboxylic acids is 1. The van der Waals surface area contributed by atoms with Crippen molar-refractivity contribution in [2.45, 2.75) is 17.7 Å². The highest BCUT2D eigenvalue weighted by atomic mass is 79.9. The summed E-state index contributed by atoms with van der Waals surface area (Å²) in [4.78, 5) is 17.9. The molecule has 1 atom stereocenters. The topological polar surface area (TPSA) is 33.2 Å². The highest BCUT2D eigenvalue weighted by molar-refractivity contribution is 9.09. The Kier molecular flexibility index (Phi) is 3.18. The predicted octanol–water partition coefficient (Wildman–Crippen LogP) is 1.68. The largest absolute Gasteiger partial charge is 0.341 e. The van der Waals surface area contributed by atoms with Gasteiger partial charge in [-0.15, -0.1) is 11.3 Å². The van der Waals surface area contributed by atoms with E-state index in [1.165, 1.54) is 0 Å². The number of thiazole rings is 1. The number of hydrogen-bond donors (Lipinski definition) is 0. The number of alkyl halides is 1. The molecule has 1 aromatic rings. The minimum atomic E-state index is 0.253. The first kappa shape index (κ1) is 10.1. The van der Waals surface area contributed by atoms with Gasteiger partial charge in [0.25, 0.3) is 0 Å². The van der Waals surface area contributed by atoms with E-state index in [1.807, 2.05) is 10.3 Å². The molecule has 0 aliphatic carbocycles. The van der Waals surface area contributed by atoms with E-state index < -0.39 is 0 Å². The van der Waals surface area contributed by atoms with E-state index >= 15 is 0 Å². The second kappa shape index (κ2) is 4.40. The molecule has 14 heavy (non-hydrogen) atoms. The van der Waals surface area contributed by atoms with Crippen molar-refractivity contribution in [1.29, 1.82) is 0 Å². The first-order valence-electron chi connectivity index (χ1n) is 4.56. The van der Waals surface area contributed by atoms with Gasteiger partial charge in [0.05, 0.1) is 5.01 Å². The number of aromatic nitrogens is 1. The molecule has 2 heterocycles. The van der Waals surface area contributed by atoms with Crippen molar-refractivity contribution in [3.63, 3.8) is 0 Å². The molecule has 2 rings (SSSR count). The highest BCUT2D eigenvalue weighted by Crippen LogP contribution is 2.18. The third-order valence-electron chi connectivity index (χ3n) is 2.25. The Morgan fingerprint density at radius 2 is 2.57 bits per heavy atom. The molecule has 1 fully saturated rings. The first-order chi connectivity index (χ1) is 6.75. The van der Waals surface area contributed by atoms with Crippen LogP contribution in [0.2, 0.25) is 0 Å². The molecule has 0 spiro atoms.